The summed E-state index contributed by atoms with van der Waals surface area (Å²) in [4.78, 5) is 16.4. The van der Waals surface area contributed by atoms with Crippen LogP contribution in [0.25, 0.3) is 10.2 Å². The van der Waals surface area contributed by atoms with Gasteiger partial charge in [0.2, 0.25) is 0 Å². The van der Waals surface area contributed by atoms with Crippen molar-refractivity contribution < 1.29 is 9.53 Å². The van der Waals surface area contributed by atoms with Crippen LogP contribution in [0.4, 0.5) is 10.8 Å². The zero-order valence-corrected chi connectivity index (χ0v) is 13.8. The minimum absolute atomic E-state index is 0.179. The Morgan fingerprint density at radius 2 is 2.16 bits per heavy atom. The summed E-state index contributed by atoms with van der Waals surface area (Å²) in [7, 11) is 0. The summed E-state index contributed by atoms with van der Waals surface area (Å²) >= 11 is 1.40. The topological polar surface area (TPSA) is 115 Å². The van der Waals surface area contributed by atoms with Crippen molar-refractivity contribution in [3.05, 3.63) is 48.5 Å². The van der Waals surface area contributed by atoms with Gasteiger partial charge in [0.05, 0.1) is 15.9 Å². The number of thiazole rings is 1. The SMILES string of the molecule is N=CN(N=N)c1cccc(OCC(=O)Nc2nc3ccccc3s2)c1. The van der Waals surface area contributed by atoms with E-state index < -0.39 is 0 Å². The zero-order chi connectivity index (χ0) is 17.6. The normalized spacial score (nSPS) is 10.2. The van der Waals surface area contributed by atoms with E-state index in [0.717, 1.165) is 21.6 Å². The average Bonchev–Trinajstić information content (AvgIpc) is 3.03. The largest absolute Gasteiger partial charge is 0.484 e. The lowest BCUT2D eigenvalue weighted by Crippen LogP contribution is -2.20. The van der Waals surface area contributed by atoms with E-state index >= 15 is 0 Å². The lowest BCUT2D eigenvalue weighted by Gasteiger charge is -2.12. The monoisotopic (exact) mass is 354 g/mol. The van der Waals surface area contributed by atoms with Crippen LogP contribution in [-0.4, -0.2) is 23.8 Å². The van der Waals surface area contributed by atoms with E-state index in [1.807, 2.05) is 24.3 Å². The van der Waals surface area contributed by atoms with Crippen LogP contribution in [0.5, 0.6) is 5.75 Å². The second kappa shape index (κ2) is 7.49. The number of amides is 1. The third kappa shape index (κ3) is 3.96. The van der Waals surface area contributed by atoms with Crippen molar-refractivity contribution >= 4 is 44.6 Å². The Hall–Kier alpha value is -3.33. The first-order valence-corrected chi connectivity index (χ1v) is 8.07. The standard InChI is InChI=1S/C16H14N6O2S/c17-10-22(21-18)11-4-3-5-12(8-11)24-9-15(23)20-16-19-13-6-1-2-7-14(13)25-16/h1-8,10,17-18H,9H2,(H,19,20,23). The highest BCUT2D eigenvalue weighted by Crippen LogP contribution is 2.25. The van der Waals surface area contributed by atoms with E-state index in [-0.39, 0.29) is 12.5 Å². The van der Waals surface area contributed by atoms with Crippen LogP contribution >= 0.6 is 11.3 Å². The molecule has 8 nitrogen and oxygen atoms in total. The maximum absolute atomic E-state index is 12.0. The molecule has 0 aliphatic carbocycles. The third-order valence-corrected chi connectivity index (χ3v) is 4.17. The summed E-state index contributed by atoms with van der Waals surface area (Å²) < 4.78 is 6.45. The maximum Gasteiger partial charge on any atom is 0.264 e. The molecule has 0 unspecified atom stereocenters. The van der Waals surface area contributed by atoms with Crippen molar-refractivity contribution in [1.29, 1.82) is 10.9 Å². The number of nitrogens with one attached hydrogen (secondary N) is 3. The quantitative estimate of drug-likeness (QED) is 0.260. The Morgan fingerprint density at radius 3 is 2.92 bits per heavy atom. The van der Waals surface area contributed by atoms with Crippen LogP contribution in [0.3, 0.4) is 0 Å². The van der Waals surface area contributed by atoms with Crippen LogP contribution in [0, 0.1) is 10.9 Å². The van der Waals surface area contributed by atoms with Gasteiger partial charge in [-0.1, -0.05) is 34.8 Å². The van der Waals surface area contributed by atoms with Gasteiger partial charge in [0.25, 0.3) is 5.91 Å². The van der Waals surface area contributed by atoms with Crippen molar-refractivity contribution in [3.63, 3.8) is 0 Å². The predicted molar refractivity (Wildman–Crippen MR) is 96.6 cm³/mol. The Balaban J connectivity index is 1.61. The van der Waals surface area contributed by atoms with Gasteiger partial charge in [-0.05, 0) is 24.3 Å². The van der Waals surface area contributed by atoms with E-state index in [1.165, 1.54) is 11.3 Å². The highest BCUT2D eigenvalue weighted by Gasteiger charge is 2.09. The first kappa shape index (κ1) is 16.5. The van der Waals surface area contributed by atoms with Crippen molar-refractivity contribution in [2.75, 3.05) is 16.9 Å². The van der Waals surface area contributed by atoms with E-state index in [9.17, 15) is 4.79 Å². The molecular weight excluding hydrogens is 340 g/mol. The lowest BCUT2D eigenvalue weighted by atomic mass is 10.3. The molecule has 1 aromatic heterocycles. The third-order valence-electron chi connectivity index (χ3n) is 3.22. The highest BCUT2D eigenvalue weighted by atomic mass is 32.1. The second-order valence-electron chi connectivity index (χ2n) is 4.89. The molecule has 0 radical (unpaired) electrons. The molecule has 0 saturated carbocycles. The first-order chi connectivity index (χ1) is 12.2. The van der Waals surface area contributed by atoms with Gasteiger partial charge in [-0.15, -0.1) is 0 Å². The van der Waals surface area contributed by atoms with Gasteiger partial charge in [0.15, 0.2) is 11.7 Å². The van der Waals surface area contributed by atoms with Crippen LogP contribution in [0.2, 0.25) is 0 Å². The molecule has 0 atom stereocenters. The number of benzene rings is 2. The van der Waals surface area contributed by atoms with Gasteiger partial charge in [-0.25, -0.2) is 9.99 Å². The predicted octanol–water partition coefficient (Wildman–Crippen LogP) is 3.67. The molecular formula is C16H14N6O2S. The first-order valence-electron chi connectivity index (χ1n) is 7.25. The number of ether oxygens (including phenoxy) is 1. The highest BCUT2D eigenvalue weighted by molar-refractivity contribution is 7.22. The summed E-state index contributed by atoms with van der Waals surface area (Å²) in [6, 6.07) is 14.3. The molecule has 3 aromatic rings. The van der Waals surface area contributed by atoms with Crippen molar-refractivity contribution in [2.24, 2.45) is 5.22 Å². The molecule has 0 aliphatic heterocycles. The molecule has 0 spiro atoms. The summed E-state index contributed by atoms with van der Waals surface area (Å²) in [5, 5.41) is 14.7. The summed E-state index contributed by atoms with van der Waals surface area (Å²) in [5.74, 6) is 0.117. The average molecular weight is 354 g/mol. The summed E-state index contributed by atoms with van der Waals surface area (Å²) in [5.41, 5.74) is 8.33. The number of rotatable bonds is 7. The molecule has 9 heteroatoms. The number of carbonyl (C=O) groups excluding carboxylic acids is 1. The number of anilines is 2. The molecule has 1 heterocycles. The van der Waals surface area contributed by atoms with E-state index in [4.69, 9.17) is 15.7 Å². The number of hydrogen-bond acceptors (Lipinski definition) is 7. The molecule has 2 aromatic carbocycles. The van der Waals surface area contributed by atoms with Gasteiger partial charge < -0.3 is 4.74 Å². The smallest absolute Gasteiger partial charge is 0.264 e. The Morgan fingerprint density at radius 1 is 1.32 bits per heavy atom. The van der Waals surface area contributed by atoms with Crippen molar-refractivity contribution in [1.82, 2.24) is 4.98 Å². The molecule has 3 N–H and O–H groups in total. The minimum Gasteiger partial charge on any atom is -0.484 e. The fourth-order valence-electron chi connectivity index (χ4n) is 2.11. The Kier molecular flexibility index (Phi) is 4.95. The van der Waals surface area contributed by atoms with Gasteiger partial charge in [-0.2, -0.15) is 5.53 Å². The van der Waals surface area contributed by atoms with Gasteiger partial charge >= 0.3 is 0 Å². The van der Waals surface area contributed by atoms with Crippen LogP contribution in [-0.2, 0) is 4.79 Å². The van der Waals surface area contributed by atoms with Gasteiger partial charge in [-0.3, -0.25) is 15.5 Å². The molecule has 1 amide bonds. The minimum atomic E-state index is -0.321. The number of fused-ring (bicyclic) bond motifs is 1. The second-order valence-corrected chi connectivity index (χ2v) is 5.93. The van der Waals surface area contributed by atoms with Gasteiger partial charge in [0, 0.05) is 6.07 Å². The molecule has 0 bridgehead atoms. The molecule has 126 valence electrons. The summed E-state index contributed by atoms with van der Waals surface area (Å²) in [6.45, 7) is -0.179. The summed E-state index contributed by atoms with van der Waals surface area (Å²) in [6.07, 6.45) is 0.909. The number of carbonyl (C=O) groups is 1. The van der Waals surface area contributed by atoms with E-state index in [2.05, 4.69) is 15.5 Å². The fraction of sp³-hybridized carbons (Fsp3) is 0.0625. The van der Waals surface area contributed by atoms with Crippen LogP contribution in [0.15, 0.2) is 53.8 Å². The lowest BCUT2D eigenvalue weighted by molar-refractivity contribution is -0.118. The van der Waals surface area contributed by atoms with Crippen LogP contribution in [0.1, 0.15) is 0 Å². The number of nitrogens with zero attached hydrogens (tertiary/aromatic N) is 3. The van der Waals surface area contributed by atoms with Crippen molar-refractivity contribution in [2.45, 2.75) is 0 Å². The Labute approximate surface area is 147 Å². The number of hydrogen-bond donors (Lipinski definition) is 3. The van der Waals surface area contributed by atoms with E-state index in [1.54, 1.807) is 24.3 Å². The van der Waals surface area contributed by atoms with Crippen molar-refractivity contribution in [3.8, 4) is 5.75 Å². The zero-order valence-electron chi connectivity index (χ0n) is 13.0. The van der Waals surface area contributed by atoms with Crippen LogP contribution < -0.4 is 15.1 Å². The molecule has 0 fully saturated rings. The molecule has 25 heavy (non-hydrogen) atoms. The molecule has 0 saturated heterocycles. The van der Waals surface area contributed by atoms with Gasteiger partial charge in [0.1, 0.15) is 12.1 Å². The maximum atomic E-state index is 12.0. The molecule has 3 rings (SSSR count). The number of para-hydroxylation sites is 1. The Bertz CT molecular complexity index is 885. The number of aromatic nitrogens is 1. The molecule has 0 aliphatic rings. The van der Waals surface area contributed by atoms with E-state index in [0.29, 0.717) is 16.6 Å². The fourth-order valence-corrected chi connectivity index (χ4v) is 2.99.